The number of aryl methyl sites for hydroxylation is 1. The minimum atomic E-state index is 0.0907. The van der Waals surface area contributed by atoms with E-state index in [1.165, 1.54) is 0 Å². The molecule has 0 aromatic carbocycles. The number of carbonyl (C=O) groups is 1. The summed E-state index contributed by atoms with van der Waals surface area (Å²) in [7, 11) is 1.95. The third-order valence-corrected chi connectivity index (χ3v) is 2.81. The third kappa shape index (κ3) is 2.32. The van der Waals surface area contributed by atoms with E-state index in [9.17, 15) is 4.79 Å². The summed E-state index contributed by atoms with van der Waals surface area (Å²) in [6.45, 7) is 2.47. The quantitative estimate of drug-likeness (QED) is 0.719. The van der Waals surface area contributed by atoms with Gasteiger partial charge in [0.05, 0.1) is 6.54 Å². The van der Waals surface area contributed by atoms with E-state index in [0.717, 1.165) is 18.7 Å². The number of hydrogen-bond donors (Lipinski definition) is 0. The Balaban J connectivity index is 2.09. The van der Waals surface area contributed by atoms with Crippen LogP contribution in [0.25, 0.3) is 0 Å². The maximum atomic E-state index is 11.9. The minimum Gasteiger partial charge on any atom is -0.337 e. The highest BCUT2D eigenvalue weighted by atomic mass is 16.2. The summed E-state index contributed by atoms with van der Waals surface area (Å²) in [5.41, 5.74) is 0. The fourth-order valence-corrected chi connectivity index (χ4v) is 1.71. The topological polar surface area (TPSA) is 38.1 Å². The van der Waals surface area contributed by atoms with Crippen molar-refractivity contribution in [3.05, 3.63) is 30.4 Å². The standard InChI is InChI=1S/C12H17N3O/c1-3-4-12(16)15(10-5-6-10)9-11-13-7-8-14(11)2/h3-4,7-8,10H,5-6,9H2,1-2H3. The zero-order valence-electron chi connectivity index (χ0n) is 9.76. The van der Waals surface area contributed by atoms with Crippen molar-refractivity contribution in [3.8, 4) is 0 Å². The van der Waals surface area contributed by atoms with E-state index in [2.05, 4.69) is 4.98 Å². The number of rotatable bonds is 4. The molecule has 86 valence electrons. The van der Waals surface area contributed by atoms with Crippen LogP contribution in [0.1, 0.15) is 25.6 Å². The lowest BCUT2D eigenvalue weighted by atomic mass is 10.4. The van der Waals surface area contributed by atoms with Gasteiger partial charge >= 0.3 is 0 Å². The lowest BCUT2D eigenvalue weighted by Crippen LogP contribution is -2.32. The van der Waals surface area contributed by atoms with Gasteiger partial charge in [0.15, 0.2) is 0 Å². The minimum absolute atomic E-state index is 0.0907. The zero-order chi connectivity index (χ0) is 11.5. The summed E-state index contributed by atoms with van der Waals surface area (Å²) in [6, 6.07) is 0.417. The molecule has 1 saturated carbocycles. The molecule has 1 aromatic heterocycles. The molecule has 0 atom stereocenters. The van der Waals surface area contributed by atoms with E-state index in [4.69, 9.17) is 0 Å². The smallest absolute Gasteiger partial charge is 0.246 e. The van der Waals surface area contributed by atoms with Crippen LogP contribution < -0.4 is 0 Å². The number of carbonyl (C=O) groups excluding carboxylic acids is 1. The molecule has 4 heteroatoms. The number of aromatic nitrogens is 2. The Hall–Kier alpha value is -1.58. The summed E-state index contributed by atoms with van der Waals surface area (Å²) in [4.78, 5) is 18.0. The van der Waals surface area contributed by atoms with Crippen LogP contribution in [0.3, 0.4) is 0 Å². The van der Waals surface area contributed by atoms with Gasteiger partial charge in [-0.1, -0.05) is 6.08 Å². The predicted molar refractivity (Wildman–Crippen MR) is 61.6 cm³/mol. The van der Waals surface area contributed by atoms with Gasteiger partial charge in [-0.2, -0.15) is 0 Å². The highest BCUT2D eigenvalue weighted by molar-refractivity contribution is 5.87. The monoisotopic (exact) mass is 219 g/mol. The Bertz CT molecular complexity index is 404. The average Bonchev–Trinajstić information content (AvgIpc) is 3.00. The predicted octanol–water partition coefficient (Wildman–Crippen LogP) is 1.49. The van der Waals surface area contributed by atoms with Gasteiger partial charge in [0.2, 0.25) is 5.91 Å². The van der Waals surface area contributed by atoms with Gasteiger partial charge in [-0.25, -0.2) is 4.98 Å². The molecule has 1 aromatic rings. The fourth-order valence-electron chi connectivity index (χ4n) is 1.71. The van der Waals surface area contributed by atoms with Gasteiger partial charge in [0.1, 0.15) is 5.82 Å². The van der Waals surface area contributed by atoms with Crippen molar-refractivity contribution in [1.82, 2.24) is 14.5 Å². The first-order valence-corrected chi connectivity index (χ1v) is 5.62. The summed E-state index contributed by atoms with van der Waals surface area (Å²) >= 11 is 0. The van der Waals surface area contributed by atoms with Crippen LogP contribution in [-0.4, -0.2) is 26.4 Å². The highest BCUT2D eigenvalue weighted by Crippen LogP contribution is 2.28. The number of amides is 1. The Morgan fingerprint density at radius 1 is 1.69 bits per heavy atom. The van der Waals surface area contributed by atoms with Crippen LogP contribution in [-0.2, 0) is 18.4 Å². The van der Waals surface area contributed by atoms with Gasteiger partial charge in [0, 0.05) is 25.5 Å². The normalized spacial score (nSPS) is 15.6. The second kappa shape index (κ2) is 4.51. The maximum absolute atomic E-state index is 11.9. The van der Waals surface area contributed by atoms with Crippen LogP contribution in [0.15, 0.2) is 24.5 Å². The average molecular weight is 219 g/mol. The van der Waals surface area contributed by atoms with Crippen molar-refractivity contribution < 1.29 is 4.79 Å². The first-order valence-electron chi connectivity index (χ1n) is 5.62. The van der Waals surface area contributed by atoms with E-state index in [1.54, 1.807) is 18.3 Å². The lowest BCUT2D eigenvalue weighted by molar-refractivity contribution is -0.127. The highest BCUT2D eigenvalue weighted by Gasteiger charge is 2.32. The first-order chi connectivity index (χ1) is 7.72. The molecular formula is C12H17N3O. The molecule has 4 nitrogen and oxygen atoms in total. The van der Waals surface area contributed by atoms with Crippen molar-refractivity contribution >= 4 is 5.91 Å². The maximum Gasteiger partial charge on any atom is 0.246 e. The van der Waals surface area contributed by atoms with E-state index in [1.807, 2.05) is 29.6 Å². The van der Waals surface area contributed by atoms with Crippen molar-refractivity contribution in [2.45, 2.75) is 32.4 Å². The van der Waals surface area contributed by atoms with E-state index >= 15 is 0 Å². The molecule has 0 N–H and O–H groups in total. The van der Waals surface area contributed by atoms with Gasteiger partial charge < -0.3 is 9.47 Å². The third-order valence-electron chi connectivity index (χ3n) is 2.81. The van der Waals surface area contributed by atoms with Crippen LogP contribution in [0.4, 0.5) is 0 Å². The lowest BCUT2D eigenvalue weighted by Gasteiger charge is -2.20. The molecule has 16 heavy (non-hydrogen) atoms. The van der Waals surface area contributed by atoms with Gasteiger partial charge in [0.25, 0.3) is 0 Å². The SMILES string of the molecule is CC=CC(=O)N(Cc1nccn1C)C1CC1. The van der Waals surface area contributed by atoms with Crippen LogP contribution in [0.2, 0.25) is 0 Å². The Morgan fingerprint density at radius 3 is 2.94 bits per heavy atom. The molecule has 1 aliphatic carbocycles. The van der Waals surface area contributed by atoms with Crippen molar-refractivity contribution in [2.24, 2.45) is 7.05 Å². The molecule has 0 bridgehead atoms. The number of hydrogen-bond acceptors (Lipinski definition) is 2. The summed E-state index contributed by atoms with van der Waals surface area (Å²) in [6.07, 6.45) is 9.32. The largest absolute Gasteiger partial charge is 0.337 e. The molecule has 1 heterocycles. The van der Waals surface area contributed by atoms with E-state index < -0.39 is 0 Å². The Kier molecular flexibility index (Phi) is 3.08. The molecule has 0 unspecified atom stereocenters. The van der Waals surface area contributed by atoms with Crippen molar-refractivity contribution in [3.63, 3.8) is 0 Å². The van der Waals surface area contributed by atoms with Crippen molar-refractivity contribution in [1.29, 1.82) is 0 Å². The molecule has 1 fully saturated rings. The van der Waals surface area contributed by atoms with Gasteiger partial charge in [-0.15, -0.1) is 0 Å². The summed E-state index contributed by atoms with van der Waals surface area (Å²) in [5, 5.41) is 0. The number of nitrogens with zero attached hydrogens (tertiary/aromatic N) is 3. The van der Waals surface area contributed by atoms with Crippen molar-refractivity contribution in [2.75, 3.05) is 0 Å². The molecule has 1 amide bonds. The summed E-state index contributed by atoms with van der Waals surface area (Å²) in [5.74, 6) is 1.03. The fraction of sp³-hybridized carbons (Fsp3) is 0.500. The molecule has 2 rings (SSSR count). The number of imidazole rings is 1. The van der Waals surface area contributed by atoms with E-state index in [-0.39, 0.29) is 5.91 Å². The first kappa shape index (κ1) is 10.9. The zero-order valence-corrected chi connectivity index (χ0v) is 9.76. The van der Waals surface area contributed by atoms with Crippen LogP contribution in [0.5, 0.6) is 0 Å². The van der Waals surface area contributed by atoms with Crippen LogP contribution in [0, 0.1) is 0 Å². The second-order valence-electron chi connectivity index (χ2n) is 4.15. The Morgan fingerprint density at radius 2 is 2.44 bits per heavy atom. The van der Waals surface area contributed by atoms with E-state index in [0.29, 0.717) is 12.6 Å². The second-order valence-corrected chi connectivity index (χ2v) is 4.15. The number of allylic oxidation sites excluding steroid dienone is 1. The molecular weight excluding hydrogens is 202 g/mol. The molecule has 0 saturated heterocycles. The van der Waals surface area contributed by atoms with Gasteiger partial charge in [-0.3, -0.25) is 4.79 Å². The Labute approximate surface area is 95.6 Å². The van der Waals surface area contributed by atoms with Gasteiger partial charge in [-0.05, 0) is 25.8 Å². The molecule has 0 aliphatic heterocycles. The molecule has 0 radical (unpaired) electrons. The molecule has 0 spiro atoms. The summed E-state index contributed by atoms with van der Waals surface area (Å²) < 4.78 is 1.96. The van der Waals surface area contributed by atoms with Crippen LogP contribution >= 0.6 is 0 Å². The molecule has 1 aliphatic rings.